The third kappa shape index (κ3) is 3.77. The standard InChI is InChI=1S/C13H16O3/c1-2-5-12(6-3-1)7-4-8-15-13-11-14-9-10-16-13/h1-7,13H,8-11H2/b7-4+/t13-/m1/s1. The molecule has 1 aromatic rings. The minimum Gasteiger partial charge on any atom is -0.374 e. The molecule has 0 radical (unpaired) electrons. The Balaban J connectivity index is 1.69. The molecule has 0 saturated carbocycles. The van der Waals surface area contributed by atoms with Crippen LogP contribution in [0.1, 0.15) is 5.56 Å². The van der Waals surface area contributed by atoms with Gasteiger partial charge in [0, 0.05) is 0 Å². The molecule has 1 heterocycles. The summed E-state index contributed by atoms with van der Waals surface area (Å²) in [5, 5.41) is 0. The van der Waals surface area contributed by atoms with Crippen molar-refractivity contribution in [1.29, 1.82) is 0 Å². The lowest BCUT2D eigenvalue weighted by atomic mass is 10.2. The summed E-state index contributed by atoms with van der Waals surface area (Å²) in [4.78, 5) is 0. The van der Waals surface area contributed by atoms with Crippen LogP contribution >= 0.6 is 0 Å². The highest BCUT2D eigenvalue weighted by atomic mass is 16.7. The van der Waals surface area contributed by atoms with E-state index in [1.165, 1.54) is 5.56 Å². The molecule has 1 saturated heterocycles. The van der Waals surface area contributed by atoms with Gasteiger partial charge in [-0.15, -0.1) is 0 Å². The van der Waals surface area contributed by atoms with Crippen molar-refractivity contribution >= 4 is 6.08 Å². The van der Waals surface area contributed by atoms with E-state index in [0.717, 1.165) is 0 Å². The predicted molar refractivity (Wildman–Crippen MR) is 62.0 cm³/mol. The van der Waals surface area contributed by atoms with E-state index in [0.29, 0.717) is 26.4 Å². The first-order valence-electron chi connectivity index (χ1n) is 5.48. The molecule has 0 spiro atoms. The Bertz CT molecular complexity index is 315. The Morgan fingerprint density at radius 1 is 1.25 bits per heavy atom. The highest BCUT2D eigenvalue weighted by molar-refractivity contribution is 5.48. The molecule has 86 valence electrons. The second-order valence-corrected chi connectivity index (χ2v) is 3.52. The van der Waals surface area contributed by atoms with E-state index in [4.69, 9.17) is 14.2 Å². The number of hydrogen-bond donors (Lipinski definition) is 0. The molecule has 2 rings (SSSR count). The maximum absolute atomic E-state index is 5.47. The third-order valence-corrected chi connectivity index (χ3v) is 2.27. The van der Waals surface area contributed by atoms with E-state index >= 15 is 0 Å². The van der Waals surface area contributed by atoms with Crippen LogP contribution in [0.25, 0.3) is 6.08 Å². The van der Waals surface area contributed by atoms with E-state index in [-0.39, 0.29) is 6.29 Å². The van der Waals surface area contributed by atoms with Crippen molar-refractivity contribution in [3.63, 3.8) is 0 Å². The van der Waals surface area contributed by atoms with Gasteiger partial charge in [-0.3, -0.25) is 0 Å². The van der Waals surface area contributed by atoms with Crippen molar-refractivity contribution in [2.75, 3.05) is 26.4 Å². The fourth-order valence-corrected chi connectivity index (χ4v) is 1.47. The predicted octanol–water partition coefficient (Wildman–Crippen LogP) is 2.09. The number of benzene rings is 1. The molecule has 1 atom stereocenters. The van der Waals surface area contributed by atoms with Gasteiger partial charge in [-0.1, -0.05) is 42.5 Å². The van der Waals surface area contributed by atoms with Gasteiger partial charge in [0.2, 0.25) is 0 Å². The fraction of sp³-hybridized carbons (Fsp3) is 0.385. The van der Waals surface area contributed by atoms with Crippen LogP contribution in [0, 0.1) is 0 Å². The van der Waals surface area contributed by atoms with Crippen molar-refractivity contribution < 1.29 is 14.2 Å². The SMILES string of the molecule is C(=C\c1ccccc1)/CO[C@H]1COCCO1. The summed E-state index contributed by atoms with van der Waals surface area (Å²) >= 11 is 0. The maximum atomic E-state index is 5.47. The third-order valence-electron chi connectivity index (χ3n) is 2.27. The Kier molecular flexibility index (Phi) is 4.55. The summed E-state index contributed by atoms with van der Waals surface area (Å²) in [6, 6.07) is 10.1. The molecular weight excluding hydrogens is 204 g/mol. The van der Waals surface area contributed by atoms with Crippen LogP contribution in [0.3, 0.4) is 0 Å². The average molecular weight is 220 g/mol. The number of rotatable bonds is 4. The number of hydrogen-bond acceptors (Lipinski definition) is 3. The molecule has 16 heavy (non-hydrogen) atoms. The molecule has 0 aliphatic carbocycles. The molecule has 0 bridgehead atoms. The van der Waals surface area contributed by atoms with Gasteiger partial charge in [0.15, 0.2) is 6.29 Å². The van der Waals surface area contributed by atoms with Gasteiger partial charge < -0.3 is 14.2 Å². The van der Waals surface area contributed by atoms with Crippen LogP contribution in [-0.2, 0) is 14.2 Å². The summed E-state index contributed by atoms with van der Waals surface area (Å²) in [7, 11) is 0. The van der Waals surface area contributed by atoms with Crippen molar-refractivity contribution in [3.05, 3.63) is 42.0 Å². The van der Waals surface area contributed by atoms with Gasteiger partial charge in [-0.05, 0) is 5.56 Å². The van der Waals surface area contributed by atoms with Gasteiger partial charge in [0.25, 0.3) is 0 Å². The Labute approximate surface area is 95.6 Å². The monoisotopic (exact) mass is 220 g/mol. The smallest absolute Gasteiger partial charge is 0.181 e. The zero-order chi connectivity index (χ0) is 11.1. The average Bonchev–Trinajstić information content (AvgIpc) is 2.37. The van der Waals surface area contributed by atoms with Crippen molar-refractivity contribution in [1.82, 2.24) is 0 Å². The lowest BCUT2D eigenvalue weighted by Crippen LogP contribution is -2.30. The highest BCUT2D eigenvalue weighted by Gasteiger charge is 2.12. The van der Waals surface area contributed by atoms with Crippen LogP contribution in [0.15, 0.2) is 36.4 Å². The largest absolute Gasteiger partial charge is 0.374 e. The van der Waals surface area contributed by atoms with Crippen LogP contribution in [0.5, 0.6) is 0 Å². The molecule has 1 aliphatic heterocycles. The van der Waals surface area contributed by atoms with Crippen LogP contribution < -0.4 is 0 Å². The molecule has 0 unspecified atom stereocenters. The van der Waals surface area contributed by atoms with E-state index in [2.05, 4.69) is 12.1 Å². The molecule has 1 fully saturated rings. The molecular formula is C13H16O3. The summed E-state index contributed by atoms with van der Waals surface area (Å²) < 4.78 is 16.0. The van der Waals surface area contributed by atoms with Crippen LogP contribution in [0.4, 0.5) is 0 Å². The molecule has 0 aromatic heterocycles. The van der Waals surface area contributed by atoms with Gasteiger partial charge in [-0.2, -0.15) is 0 Å². The summed E-state index contributed by atoms with van der Waals surface area (Å²) in [6.45, 7) is 2.36. The Hall–Kier alpha value is -1.16. The minimum absolute atomic E-state index is 0.214. The van der Waals surface area contributed by atoms with E-state index in [1.54, 1.807) is 0 Å². The zero-order valence-corrected chi connectivity index (χ0v) is 9.17. The Morgan fingerprint density at radius 3 is 2.88 bits per heavy atom. The van der Waals surface area contributed by atoms with Crippen LogP contribution in [0.2, 0.25) is 0 Å². The summed E-state index contributed by atoms with van der Waals surface area (Å²) in [5.74, 6) is 0. The molecule has 1 aliphatic rings. The first-order valence-corrected chi connectivity index (χ1v) is 5.48. The number of ether oxygens (including phenoxy) is 3. The van der Waals surface area contributed by atoms with Crippen molar-refractivity contribution in [2.24, 2.45) is 0 Å². The topological polar surface area (TPSA) is 27.7 Å². The summed E-state index contributed by atoms with van der Waals surface area (Å²) in [5.41, 5.74) is 1.17. The quantitative estimate of drug-likeness (QED) is 0.777. The highest BCUT2D eigenvalue weighted by Crippen LogP contribution is 2.04. The lowest BCUT2D eigenvalue weighted by Gasteiger charge is -2.22. The van der Waals surface area contributed by atoms with E-state index < -0.39 is 0 Å². The van der Waals surface area contributed by atoms with Crippen LogP contribution in [-0.4, -0.2) is 32.7 Å². The molecule has 1 aromatic carbocycles. The first-order chi connectivity index (χ1) is 7.95. The minimum atomic E-state index is -0.214. The van der Waals surface area contributed by atoms with Gasteiger partial charge in [0.05, 0.1) is 26.4 Å². The molecule has 0 amide bonds. The molecule has 0 N–H and O–H groups in total. The first kappa shape index (κ1) is 11.3. The fourth-order valence-electron chi connectivity index (χ4n) is 1.47. The van der Waals surface area contributed by atoms with E-state index in [1.807, 2.05) is 30.4 Å². The normalized spacial score (nSPS) is 21.4. The van der Waals surface area contributed by atoms with Gasteiger partial charge in [-0.25, -0.2) is 0 Å². The summed E-state index contributed by atoms with van der Waals surface area (Å²) in [6.07, 6.45) is 3.80. The van der Waals surface area contributed by atoms with Gasteiger partial charge in [0.1, 0.15) is 0 Å². The second-order valence-electron chi connectivity index (χ2n) is 3.52. The van der Waals surface area contributed by atoms with E-state index in [9.17, 15) is 0 Å². The lowest BCUT2D eigenvalue weighted by molar-refractivity contribution is -0.206. The molecule has 3 heteroatoms. The zero-order valence-electron chi connectivity index (χ0n) is 9.17. The Morgan fingerprint density at radius 2 is 2.12 bits per heavy atom. The molecule has 3 nitrogen and oxygen atoms in total. The van der Waals surface area contributed by atoms with Gasteiger partial charge >= 0.3 is 0 Å². The van der Waals surface area contributed by atoms with Crippen molar-refractivity contribution in [3.8, 4) is 0 Å². The van der Waals surface area contributed by atoms with Crippen molar-refractivity contribution in [2.45, 2.75) is 6.29 Å². The maximum Gasteiger partial charge on any atom is 0.181 e. The second kappa shape index (κ2) is 6.43.